The van der Waals surface area contributed by atoms with Gasteiger partial charge >= 0.3 is 0 Å². The first-order valence-corrected chi connectivity index (χ1v) is 10.4. The van der Waals surface area contributed by atoms with Crippen LogP contribution < -0.4 is 10.5 Å². The Labute approximate surface area is 188 Å². The number of ether oxygens (including phenoxy) is 1. The Morgan fingerprint density at radius 2 is 1.97 bits per heavy atom. The van der Waals surface area contributed by atoms with Gasteiger partial charge in [0.25, 0.3) is 5.56 Å². The molecule has 0 spiro atoms. The van der Waals surface area contributed by atoms with Gasteiger partial charge in [-0.05, 0) is 11.6 Å². The predicted octanol–water partition coefficient (Wildman–Crippen LogP) is 2.92. The fraction of sp³-hybridized carbons (Fsp3) is 0.261. The quantitative estimate of drug-likeness (QED) is 0.470. The molecule has 5 rings (SSSR count). The number of nitrogens with zero attached hydrogens (tertiary/aromatic N) is 6. The molecular formula is C23H21FN6O3. The molecule has 0 amide bonds. The smallest absolute Gasteiger partial charge is 0.255 e. The summed E-state index contributed by atoms with van der Waals surface area (Å²) < 4.78 is 26.8. The van der Waals surface area contributed by atoms with Crippen molar-refractivity contribution in [3.8, 4) is 22.6 Å². The van der Waals surface area contributed by atoms with Gasteiger partial charge in [-0.2, -0.15) is 4.98 Å². The second kappa shape index (κ2) is 8.55. The number of morpholine rings is 1. The van der Waals surface area contributed by atoms with Crippen LogP contribution in [0.15, 0.2) is 58.1 Å². The van der Waals surface area contributed by atoms with Gasteiger partial charge in [-0.25, -0.2) is 9.37 Å². The first-order valence-electron chi connectivity index (χ1n) is 10.4. The lowest BCUT2D eigenvalue weighted by molar-refractivity contribution is 0.0390. The number of rotatable bonds is 4. The Balaban J connectivity index is 1.42. The molecule has 1 fully saturated rings. The number of aromatic nitrogens is 5. The molecule has 4 aromatic rings. The standard InChI is InChI=1S/C23H21FN6O3/c1-14-26-22(28-33-14)16-5-3-15(4-6-16)20-13-30(9-10-32-20)23-27-19(11-21(31)29(23)2)17-7-8-25-12-18(17)24/h3-8,11-12,20H,9-10,13H2,1-2H3/t20-/m1/s1. The summed E-state index contributed by atoms with van der Waals surface area (Å²) in [6.45, 7) is 3.25. The Morgan fingerprint density at radius 1 is 1.15 bits per heavy atom. The molecule has 0 unspecified atom stereocenters. The first-order chi connectivity index (χ1) is 16.0. The largest absolute Gasteiger partial charge is 0.370 e. The highest BCUT2D eigenvalue weighted by Gasteiger charge is 2.25. The Bertz CT molecular complexity index is 1350. The summed E-state index contributed by atoms with van der Waals surface area (Å²) in [6.07, 6.45) is 2.36. The molecule has 1 saturated heterocycles. The van der Waals surface area contributed by atoms with E-state index in [2.05, 4.69) is 20.1 Å². The molecule has 0 aliphatic carbocycles. The number of hydrogen-bond donors (Lipinski definition) is 0. The van der Waals surface area contributed by atoms with Crippen molar-refractivity contribution in [2.45, 2.75) is 13.0 Å². The molecule has 0 radical (unpaired) electrons. The molecular weight excluding hydrogens is 427 g/mol. The number of halogens is 1. The summed E-state index contributed by atoms with van der Waals surface area (Å²) >= 11 is 0. The van der Waals surface area contributed by atoms with E-state index in [1.54, 1.807) is 14.0 Å². The second-order valence-electron chi connectivity index (χ2n) is 7.76. The fourth-order valence-electron chi connectivity index (χ4n) is 3.83. The summed E-state index contributed by atoms with van der Waals surface area (Å²) in [6, 6.07) is 10.6. The van der Waals surface area contributed by atoms with Gasteiger partial charge in [0.15, 0.2) is 5.82 Å². The van der Waals surface area contributed by atoms with Crippen molar-refractivity contribution >= 4 is 5.95 Å². The van der Waals surface area contributed by atoms with Crippen molar-refractivity contribution in [1.82, 2.24) is 24.7 Å². The molecule has 0 saturated carbocycles. The van der Waals surface area contributed by atoms with Crippen LogP contribution in [0.2, 0.25) is 0 Å². The lowest BCUT2D eigenvalue weighted by Gasteiger charge is -2.34. The number of aryl methyl sites for hydroxylation is 1. The van der Waals surface area contributed by atoms with E-state index in [1.165, 1.54) is 22.9 Å². The maximum atomic E-state index is 14.3. The summed E-state index contributed by atoms with van der Waals surface area (Å²) in [5.74, 6) is 0.971. The normalized spacial score (nSPS) is 16.2. The van der Waals surface area contributed by atoms with Crippen molar-refractivity contribution in [3.63, 3.8) is 0 Å². The minimum Gasteiger partial charge on any atom is -0.370 e. The van der Waals surface area contributed by atoms with Crippen molar-refractivity contribution < 1.29 is 13.7 Å². The molecule has 168 valence electrons. The zero-order valence-corrected chi connectivity index (χ0v) is 18.1. The average Bonchev–Trinajstić information content (AvgIpc) is 3.27. The molecule has 10 heteroatoms. The first kappa shape index (κ1) is 21.0. The lowest BCUT2D eigenvalue weighted by atomic mass is 10.1. The van der Waals surface area contributed by atoms with Crippen LogP contribution in [0.25, 0.3) is 22.6 Å². The van der Waals surface area contributed by atoms with Crippen molar-refractivity contribution in [1.29, 1.82) is 0 Å². The zero-order valence-electron chi connectivity index (χ0n) is 18.1. The van der Waals surface area contributed by atoms with Crippen molar-refractivity contribution in [3.05, 3.63) is 76.4 Å². The van der Waals surface area contributed by atoms with Crippen LogP contribution in [-0.2, 0) is 11.8 Å². The molecule has 1 aliphatic heterocycles. The molecule has 4 heterocycles. The monoisotopic (exact) mass is 448 g/mol. The molecule has 0 bridgehead atoms. The molecule has 33 heavy (non-hydrogen) atoms. The minimum absolute atomic E-state index is 0.224. The Kier molecular flexibility index (Phi) is 5.43. The van der Waals surface area contributed by atoms with E-state index in [9.17, 15) is 9.18 Å². The molecule has 3 aromatic heterocycles. The van der Waals surface area contributed by atoms with E-state index >= 15 is 0 Å². The fourth-order valence-corrected chi connectivity index (χ4v) is 3.83. The third-order valence-corrected chi connectivity index (χ3v) is 5.58. The third-order valence-electron chi connectivity index (χ3n) is 5.58. The van der Waals surface area contributed by atoms with Gasteiger partial charge in [-0.15, -0.1) is 0 Å². The van der Waals surface area contributed by atoms with Crippen LogP contribution in [0, 0.1) is 12.7 Å². The maximum Gasteiger partial charge on any atom is 0.255 e. The molecule has 1 atom stereocenters. The van der Waals surface area contributed by atoms with E-state index < -0.39 is 5.82 Å². The van der Waals surface area contributed by atoms with Gasteiger partial charge in [-0.1, -0.05) is 29.4 Å². The Hall–Kier alpha value is -3.92. The van der Waals surface area contributed by atoms with Gasteiger partial charge in [0.05, 0.1) is 25.0 Å². The van der Waals surface area contributed by atoms with Crippen LogP contribution in [0.4, 0.5) is 10.3 Å². The number of hydrogen-bond acceptors (Lipinski definition) is 8. The van der Waals surface area contributed by atoms with Gasteiger partial charge in [0.2, 0.25) is 17.7 Å². The molecule has 0 N–H and O–H groups in total. The number of benzene rings is 1. The highest BCUT2D eigenvalue weighted by atomic mass is 19.1. The molecule has 9 nitrogen and oxygen atoms in total. The molecule has 1 aliphatic rings. The van der Waals surface area contributed by atoms with E-state index in [0.29, 0.717) is 37.4 Å². The average molecular weight is 448 g/mol. The van der Waals surface area contributed by atoms with Crippen molar-refractivity contribution in [2.75, 3.05) is 24.6 Å². The van der Waals surface area contributed by atoms with Gasteiger partial charge in [0.1, 0.15) is 6.10 Å². The zero-order chi connectivity index (χ0) is 22.9. The number of pyridine rings is 1. The van der Waals surface area contributed by atoms with Crippen LogP contribution in [0.3, 0.4) is 0 Å². The van der Waals surface area contributed by atoms with E-state index in [1.807, 2.05) is 29.2 Å². The second-order valence-corrected chi connectivity index (χ2v) is 7.76. The highest BCUT2D eigenvalue weighted by molar-refractivity contribution is 5.60. The lowest BCUT2D eigenvalue weighted by Crippen LogP contribution is -2.41. The third kappa shape index (κ3) is 4.12. The Morgan fingerprint density at radius 3 is 2.70 bits per heavy atom. The summed E-state index contributed by atoms with van der Waals surface area (Å²) in [7, 11) is 1.66. The van der Waals surface area contributed by atoms with E-state index in [4.69, 9.17) is 9.26 Å². The van der Waals surface area contributed by atoms with E-state index in [-0.39, 0.29) is 22.9 Å². The number of anilines is 1. The molecule has 1 aromatic carbocycles. The topological polar surface area (TPSA) is 99.2 Å². The van der Waals surface area contributed by atoms with E-state index in [0.717, 1.165) is 17.3 Å². The van der Waals surface area contributed by atoms with Crippen LogP contribution in [0.1, 0.15) is 17.6 Å². The van der Waals surface area contributed by atoms with Crippen LogP contribution in [0.5, 0.6) is 0 Å². The van der Waals surface area contributed by atoms with Crippen LogP contribution in [-0.4, -0.2) is 44.4 Å². The van der Waals surface area contributed by atoms with Gasteiger partial charge in [-0.3, -0.25) is 14.3 Å². The van der Waals surface area contributed by atoms with Crippen molar-refractivity contribution in [2.24, 2.45) is 7.05 Å². The summed E-state index contributed by atoms with van der Waals surface area (Å²) in [5, 5.41) is 3.94. The predicted molar refractivity (Wildman–Crippen MR) is 118 cm³/mol. The highest BCUT2D eigenvalue weighted by Crippen LogP contribution is 2.28. The maximum absolute atomic E-state index is 14.3. The van der Waals surface area contributed by atoms with Gasteiger partial charge < -0.3 is 14.2 Å². The SMILES string of the molecule is Cc1nc(-c2ccc([C@H]3CN(c4nc(-c5ccncc5F)cc(=O)n4C)CCO3)cc2)no1. The summed E-state index contributed by atoms with van der Waals surface area (Å²) in [4.78, 5) is 27.2. The minimum atomic E-state index is -0.527. The summed E-state index contributed by atoms with van der Waals surface area (Å²) in [5.41, 5.74) is 2.07. The van der Waals surface area contributed by atoms with Gasteiger partial charge in [0, 0.05) is 43.9 Å². The van der Waals surface area contributed by atoms with Crippen LogP contribution >= 0.6 is 0 Å².